The molecule has 7 heteroatoms. The second-order valence-corrected chi connectivity index (χ2v) is 5.08. The predicted octanol–water partition coefficient (Wildman–Crippen LogP) is 0.788. The van der Waals surface area contributed by atoms with E-state index < -0.39 is 0 Å². The molecule has 0 aliphatic carbocycles. The van der Waals surface area contributed by atoms with Crippen LogP contribution in [0.25, 0.3) is 0 Å². The average molecular weight is 279 g/mol. The number of halogens is 1. The van der Waals surface area contributed by atoms with Gasteiger partial charge in [-0.2, -0.15) is 0 Å². The first kappa shape index (κ1) is 14.8. The minimum atomic E-state index is 0. The van der Waals surface area contributed by atoms with E-state index in [1.807, 2.05) is 7.05 Å². The van der Waals surface area contributed by atoms with Crippen LogP contribution in [0, 0.1) is 0 Å². The quantitative estimate of drug-likeness (QED) is 0.798. The summed E-state index contributed by atoms with van der Waals surface area (Å²) in [6.45, 7) is 2.29. The lowest BCUT2D eigenvalue weighted by Crippen LogP contribution is -2.29. The smallest absolute Gasteiger partial charge is 0.191 e. The van der Waals surface area contributed by atoms with Crippen molar-refractivity contribution in [1.82, 2.24) is 20.1 Å². The summed E-state index contributed by atoms with van der Waals surface area (Å²) in [5.41, 5.74) is 0. The second kappa shape index (κ2) is 7.20. The van der Waals surface area contributed by atoms with Gasteiger partial charge in [-0.1, -0.05) is 11.8 Å². The molecule has 0 saturated carbocycles. The standard InChI is InChI=1S/C10H18N4OS.ClH/c1-14-9(8-3-2-4-11-7-8)12-13-10(14)16-6-5-15;/h8,11,15H,2-7H2,1H3;1H. The summed E-state index contributed by atoms with van der Waals surface area (Å²) in [4.78, 5) is 0. The van der Waals surface area contributed by atoms with Crippen LogP contribution in [0.4, 0.5) is 0 Å². The zero-order valence-electron chi connectivity index (χ0n) is 9.93. The first-order chi connectivity index (χ1) is 7.83. The number of piperidine rings is 1. The zero-order chi connectivity index (χ0) is 11.4. The summed E-state index contributed by atoms with van der Waals surface area (Å²) in [6, 6.07) is 0. The van der Waals surface area contributed by atoms with E-state index in [1.54, 1.807) is 11.8 Å². The van der Waals surface area contributed by atoms with Crippen molar-refractivity contribution in [2.45, 2.75) is 23.9 Å². The van der Waals surface area contributed by atoms with Gasteiger partial charge in [0.2, 0.25) is 0 Å². The highest BCUT2D eigenvalue weighted by Crippen LogP contribution is 2.24. The molecule has 0 radical (unpaired) electrons. The lowest BCUT2D eigenvalue weighted by molar-refractivity contribution is 0.322. The molecule has 0 bridgehead atoms. The number of thioether (sulfide) groups is 1. The summed E-state index contributed by atoms with van der Waals surface area (Å²) in [6.07, 6.45) is 2.39. The topological polar surface area (TPSA) is 63.0 Å². The fourth-order valence-corrected chi connectivity index (χ4v) is 2.68. The Balaban J connectivity index is 0.00000144. The van der Waals surface area contributed by atoms with Gasteiger partial charge in [-0.15, -0.1) is 22.6 Å². The van der Waals surface area contributed by atoms with Crippen LogP contribution in [0.3, 0.4) is 0 Å². The van der Waals surface area contributed by atoms with Gasteiger partial charge >= 0.3 is 0 Å². The number of aliphatic hydroxyl groups excluding tert-OH is 1. The molecule has 1 atom stereocenters. The predicted molar refractivity (Wildman–Crippen MR) is 70.9 cm³/mol. The van der Waals surface area contributed by atoms with Crippen LogP contribution in [0.2, 0.25) is 0 Å². The molecule has 2 heterocycles. The van der Waals surface area contributed by atoms with Crippen LogP contribution in [-0.4, -0.2) is 45.3 Å². The summed E-state index contributed by atoms with van der Waals surface area (Å²) in [5, 5.41) is 21.5. The molecule has 1 unspecified atom stereocenters. The van der Waals surface area contributed by atoms with E-state index in [-0.39, 0.29) is 19.0 Å². The monoisotopic (exact) mass is 278 g/mol. The third-order valence-electron chi connectivity index (χ3n) is 2.85. The highest BCUT2D eigenvalue weighted by molar-refractivity contribution is 7.99. The third kappa shape index (κ3) is 3.58. The van der Waals surface area contributed by atoms with Crippen LogP contribution in [-0.2, 0) is 7.05 Å². The molecule has 1 fully saturated rings. The van der Waals surface area contributed by atoms with Crippen molar-refractivity contribution in [3.63, 3.8) is 0 Å². The van der Waals surface area contributed by atoms with E-state index in [0.717, 1.165) is 24.1 Å². The van der Waals surface area contributed by atoms with Gasteiger partial charge in [0, 0.05) is 25.3 Å². The summed E-state index contributed by atoms with van der Waals surface area (Å²) in [7, 11) is 2.00. The van der Waals surface area contributed by atoms with E-state index >= 15 is 0 Å². The molecule has 0 amide bonds. The number of hydrogen-bond donors (Lipinski definition) is 2. The van der Waals surface area contributed by atoms with Crippen molar-refractivity contribution in [1.29, 1.82) is 0 Å². The Morgan fingerprint density at radius 1 is 1.53 bits per heavy atom. The number of nitrogens with one attached hydrogen (secondary N) is 1. The second-order valence-electron chi connectivity index (χ2n) is 4.02. The third-order valence-corrected chi connectivity index (χ3v) is 3.85. The normalized spacial score (nSPS) is 20.0. The highest BCUT2D eigenvalue weighted by atomic mass is 35.5. The molecule has 1 aliphatic rings. The summed E-state index contributed by atoms with van der Waals surface area (Å²) < 4.78 is 2.05. The molecule has 98 valence electrons. The van der Waals surface area contributed by atoms with Crippen LogP contribution < -0.4 is 5.32 Å². The zero-order valence-corrected chi connectivity index (χ0v) is 11.6. The van der Waals surface area contributed by atoms with Crippen molar-refractivity contribution >= 4 is 24.2 Å². The van der Waals surface area contributed by atoms with Gasteiger partial charge in [-0.05, 0) is 19.4 Å². The number of rotatable bonds is 4. The van der Waals surface area contributed by atoms with E-state index in [4.69, 9.17) is 5.11 Å². The largest absolute Gasteiger partial charge is 0.396 e. The summed E-state index contributed by atoms with van der Waals surface area (Å²) in [5.74, 6) is 2.22. The summed E-state index contributed by atoms with van der Waals surface area (Å²) >= 11 is 1.55. The van der Waals surface area contributed by atoms with Crippen LogP contribution in [0.1, 0.15) is 24.6 Å². The Morgan fingerprint density at radius 3 is 3.00 bits per heavy atom. The first-order valence-electron chi connectivity index (χ1n) is 5.66. The maximum absolute atomic E-state index is 8.79. The average Bonchev–Trinajstić information content (AvgIpc) is 2.69. The van der Waals surface area contributed by atoms with Crippen molar-refractivity contribution in [2.24, 2.45) is 7.05 Å². The molecule has 1 saturated heterocycles. The van der Waals surface area contributed by atoms with Gasteiger partial charge in [0.25, 0.3) is 0 Å². The molecule has 1 aromatic rings. The van der Waals surface area contributed by atoms with Crippen LogP contribution >= 0.6 is 24.2 Å². The molecule has 0 aromatic carbocycles. The van der Waals surface area contributed by atoms with Crippen molar-refractivity contribution < 1.29 is 5.11 Å². The maximum Gasteiger partial charge on any atom is 0.191 e. The minimum Gasteiger partial charge on any atom is -0.396 e. The van der Waals surface area contributed by atoms with E-state index in [2.05, 4.69) is 20.1 Å². The maximum atomic E-state index is 8.79. The molecule has 1 aromatic heterocycles. The first-order valence-corrected chi connectivity index (χ1v) is 6.65. The lowest BCUT2D eigenvalue weighted by atomic mass is 9.99. The van der Waals surface area contributed by atoms with Crippen molar-refractivity contribution in [3.05, 3.63) is 5.82 Å². The Hall–Kier alpha value is -0.300. The van der Waals surface area contributed by atoms with Gasteiger partial charge in [0.1, 0.15) is 5.82 Å². The fraction of sp³-hybridized carbons (Fsp3) is 0.800. The molecule has 5 nitrogen and oxygen atoms in total. The van der Waals surface area contributed by atoms with Gasteiger partial charge < -0.3 is 15.0 Å². The molecule has 0 spiro atoms. The molecule has 2 N–H and O–H groups in total. The Morgan fingerprint density at radius 2 is 2.35 bits per heavy atom. The van der Waals surface area contributed by atoms with Gasteiger partial charge in [-0.25, -0.2) is 0 Å². The molecule has 17 heavy (non-hydrogen) atoms. The molecular formula is C10H19ClN4OS. The Bertz CT molecular complexity index is 341. The van der Waals surface area contributed by atoms with Gasteiger partial charge in [0.15, 0.2) is 5.16 Å². The van der Waals surface area contributed by atoms with E-state index in [9.17, 15) is 0 Å². The number of hydrogen-bond acceptors (Lipinski definition) is 5. The van der Waals surface area contributed by atoms with Crippen molar-refractivity contribution in [3.8, 4) is 0 Å². The molecule has 2 rings (SSSR count). The van der Waals surface area contributed by atoms with Crippen LogP contribution in [0.5, 0.6) is 0 Å². The lowest BCUT2D eigenvalue weighted by Gasteiger charge is -2.21. The number of nitrogens with zero attached hydrogens (tertiary/aromatic N) is 3. The Labute approximate surface area is 112 Å². The van der Waals surface area contributed by atoms with E-state index in [0.29, 0.717) is 11.7 Å². The highest BCUT2D eigenvalue weighted by Gasteiger charge is 2.21. The van der Waals surface area contributed by atoms with Crippen LogP contribution in [0.15, 0.2) is 5.16 Å². The number of aliphatic hydroxyl groups is 1. The fourth-order valence-electron chi connectivity index (χ4n) is 2.02. The number of aromatic nitrogens is 3. The van der Waals surface area contributed by atoms with E-state index in [1.165, 1.54) is 12.8 Å². The molecular weight excluding hydrogens is 260 g/mol. The van der Waals surface area contributed by atoms with Crippen molar-refractivity contribution in [2.75, 3.05) is 25.4 Å². The minimum absolute atomic E-state index is 0. The van der Waals surface area contributed by atoms with Gasteiger partial charge in [-0.3, -0.25) is 0 Å². The molecule has 1 aliphatic heterocycles. The SMILES string of the molecule is Cl.Cn1c(SCCO)nnc1C1CCCNC1. The Kier molecular flexibility index (Phi) is 6.26. The van der Waals surface area contributed by atoms with Gasteiger partial charge in [0.05, 0.1) is 6.61 Å².